The van der Waals surface area contributed by atoms with Gasteiger partial charge in [0.05, 0.1) is 12.5 Å². The van der Waals surface area contributed by atoms with Crippen LogP contribution in [0.4, 0.5) is 0 Å². The molecule has 2 aromatic rings. The van der Waals surface area contributed by atoms with E-state index in [9.17, 15) is 9.59 Å². The zero-order valence-electron chi connectivity index (χ0n) is 16.7. The maximum absolute atomic E-state index is 12.9. The molecule has 1 unspecified atom stereocenters. The minimum Gasteiger partial charge on any atom is -0.342 e. The van der Waals surface area contributed by atoms with Crippen LogP contribution in [0, 0.1) is 5.92 Å². The van der Waals surface area contributed by atoms with Gasteiger partial charge in [0.1, 0.15) is 0 Å². The molecular formula is C20H27N5O3. The molecule has 0 N–H and O–H groups in total. The van der Waals surface area contributed by atoms with Gasteiger partial charge in [-0.15, -0.1) is 0 Å². The highest BCUT2D eigenvalue weighted by Gasteiger charge is 2.32. The van der Waals surface area contributed by atoms with E-state index in [-0.39, 0.29) is 23.7 Å². The Bertz CT molecular complexity index is 805. The van der Waals surface area contributed by atoms with Gasteiger partial charge in [-0.1, -0.05) is 25.1 Å². The average molecular weight is 385 g/mol. The first-order chi connectivity index (χ1) is 13.4. The normalized spacial score (nSPS) is 17.2. The molecule has 1 atom stereocenters. The standard InChI is InChI=1S/C20H27N5O3/c1-14(2)19-22-17(23-28-19)13-24(3)20(27)15-7-8-18(26)25(12-15)11-9-16-6-4-5-10-21-16/h4-6,10,14-15H,7-9,11-13H2,1-3H3. The number of hydrogen-bond donors (Lipinski definition) is 0. The maximum atomic E-state index is 12.9. The third kappa shape index (κ3) is 4.94. The zero-order valence-corrected chi connectivity index (χ0v) is 16.7. The van der Waals surface area contributed by atoms with Crippen molar-refractivity contribution in [1.82, 2.24) is 24.9 Å². The van der Waals surface area contributed by atoms with Gasteiger partial charge in [0.25, 0.3) is 0 Å². The molecule has 3 rings (SSSR count). The molecule has 8 nitrogen and oxygen atoms in total. The van der Waals surface area contributed by atoms with Crippen LogP contribution >= 0.6 is 0 Å². The van der Waals surface area contributed by atoms with Crippen molar-refractivity contribution in [1.29, 1.82) is 0 Å². The Hall–Kier alpha value is -2.77. The SMILES string of the molecule is CC(C)c1nc(CN(C)C(=O)C2CCC(=O)N(CCc3ccccn3)C2)no1. The van der Waals surface area contributed by atoms with Gasteiger partial charge >= 0.3 is 0 Å². The Labute approximate surface area is 164 Å². The van der Waals surface area contributed by atoms with E-state index in [0.717, 1.165) is 5.69 Å². The third-order valence-electron chi connectivity index (χ3n) is 4.95. The second kappa shape index (κ2) is 8.95. The molecule has 1 saturated heterocycles. The number of rotatable bonds is 7. The first-order valence-electron chi connectivity index (χ1n) is 9.69. The molecule has 0 radical (unpaired) electrons. The molecule has 8 heteroatoms. The first kappa shape index (κ1) is 20.0. The summed E-state index contributed by atoms with van der Waals surface area (Å²) in [7, 11) is 1.74. The van der Waals surface area contributed by atoms with E-state index in [0.29, 0.717) is 50.6 Å². The molecule has 1 aliphatic rings. The fraction of sp³-hybridized carbons (Fsp3) is 0.550. The Morgan fingerprint density at radius 3 is 2.89 bits per heavy atom. The van der Waals surface area contributed by atoms with Gasteiger partial charge < -0.3 is 14.3 Å². The number of carbonyl (C=O) groups excluding carboxylic acids is 2. The fourth-order valence-electron chi connectivity index (χ4n) is 3.30. The lowest BCUT2D eigenvalue weighted by atomic mass is 9.96. The largest absolute Gasteiger partial charge is 0.342 e. The van der Waals surface area contributed by atoms with Crippen LogP contribution in [0.5, 0.6) is 0 Å². The van der Waals surface area contributed by atoms with E-state index in [1.807, 2.05) is 32.0 Å². The van der Waals surface area contributed by atoms with Crippen molar-refractivity contribution < 1.29 is 14.1 Å². The Kier molecular flexibility index (Phi) is 6.38. The lowest BCUT2D eigenvalue weighted by molar-refractivity contribution is -0.142. The zero-order chi connectivity index (χ0) is 20.1. The van der Waals surface area contributed by atoms with Gasteiger partial charge in [0.15, 0.2) is 5.82 Å². The number of aromatic nitrogens is 3. The molecule has 1 fully saturated rings. The molecule has 2 amide bonds. The number of piperidine rings is 1. The highest BCUT2D eigenvalue weighted by atomic mass is 16.5. The van der Waals surface area contributed by atoms with Crippen LogP contribution in [0.15, 0.2) is 28.9 Å². The molecule has 150 valence electrons. The number of carbonyl (C=O) groups is 2. The van der Waals surface area contributed by atoms with Crippen molar-refractivity contribution in [2.24, 2.45) is 5.92 Å². The van der Waals surface area contributed by atoms with Crippen LogP contribution in [0.1, 0.15) is 50.0 Å². The van der Waals surface area contributed by atoms with E-state index in [2.05, 4.69) is 15.1 Å². The molecule has 0 aliphatic carbocycles. The van der Waals surface area contributed by atoms with Gasteiger partial charge in [0.2, 0.25) is 17.7 Å². The summed E-state index contributed by atoms with van der Waals surface area (Å²) < 4.78 is 5.20. The summed E-state index contributed by atoms with van der Waals surface area (Å²) in [5.41, 5.74) is 0.943. The fourth-order valence-corrected chi connectivity index (χ4v) is 3.30. The second-order valence-electron chi connectivity index (χ2n) is 7.54. The van der Waals surface area contributed by atoms with Gasteiger partial charge in [-0.25, -0.2) is 0 Å². The van der Waals surface area contributed by atoms with Crippen molar-refractivity contribution >= 4 is 11.8 Å². The van der Waals surface area contributed by atoms with E-state index >= 15 is 0 Å². The number of pyridine rings is 1. The van der Waals surface area contributed by atoms with Crippen molar-refractivity contribution in [3.8, 4) is 0 Å². The quantitative estimate of drug-likeness (QED) is 0.724. The summed E-state index contributed by atoms with van der Waals surface area (Å²) in [4.78, 5) is 37.1. The summed E-state index contributed by atoms with van der Waals surface area (Å²) in [6, 6.07) is 5.75. The van der Waals surface area contributed by atoms with Gasteiger partial charge in [0, 0.05) is 50.8 Å². The number of likely N-dealkylation sites (tertiary alicyclic amines) is 1. The Morgan fingerprint density at radius 1 is 1.39 bits per heavy atom. The van der Waals surface area contributed by atoms with Crippen LogP contribution in [0.3, 0.4) is 0 Å². The summed E-state index contributed by atoms with van der Waals surface area (Å²) in [6.07, 6.45) is 3.40. The van der Waals surface area contributed by atoms with E-state index in [1.165, 1.54) is 0 Å². The molecular weight excluding hydrogens is 358 g/mol. The molecule has 0 bridgehead atoms. The smallest absolute Gasteiger partial charge is 0.229 e. The summed E-state index contributed by atoms with van der Waals surface area (Å²) >= 11 is 0. The molecule has 0 saturated carbocycles. The van der Waals surface area contributed by atoms with E-state index in [4.69, 9.17) is 4.52 Å². The molecule has 1 aliphatic heterocycles. The average Bonchev–Trinajstić information content (AvgIpc) is 3.16. The van der Waals surface area contributed by atoms with Crippen molar-refractivity contribution in [2.75, 3.05) is 20.1 Å². The number of amides is 2. The Morgan fingerprint density at radius 2 is 2.21 bits per heavy atom. The van der Waals surface area contributed by atoms with Crippen LogP contribution in [-0.4, -0.2) is 56.9 Å². The molecule has 0 aromatic carbocycles. The van der Waals surface area contributed by atoms with Crippen molar-refractivity contribution in [3.63, 3.8) is 0 Å². The second-order valence-corrected chi connectivity index (χ2v) is 7.54. The molecule has 28 heavy (non-hydrogen) atoms. The predicted molar refractivity (Wildman–Crippen MR) is 102 cm³/mol. The third-order valence-corrected chi connectivity index (χ3v) is 4.95. The molecule has 2 aromatic heterocycles. The van der Waals surface area contributed by atoms with Crippen LogP contribution in [0.25, 0.3) is 0 Å². The van der Waals surface area contributed by atoms with Gasteiger partial charge in [-0.05, 0) is 18.6 Å². The topological polar surface area (TPSA) is 92.4 Å². The van der Waals surface area contributed by atoms with Crippen molar-refractivity contribution in [3.05, 3.63) is 41.8 Å². The lowest BCUT2D eigenvalue weighted by Crippen LogP contribution is -2.46. The monoisotopic (exact) mass is 385 g/mol. The first-order valence-corrected chi connectivity index (χ1v) is 9.69. The predicted octanol–water partition coefficient (Wildman–Crippen LogP) is 2.03. The maximum Gasteiger partial charge on any atom is 0.229 e. The minimum absolute atomic E-state index is 0.00577. The minimum atomic E-state index is -0.206. The van der Waals surface area contributed by atoms with Crippen LogP contribution in [-0.2, 0) is 22.6 Å². The van der Waals surface area contributed by atoms with E-state index in [1.54, 1.807) is 23.0 Å². The Balaban J connectivity index is 1.55. The highest BCUT2D eigenvalue weighted by molar-refractivity contribution is 5.83. The van der Waals surface area contributed by atoms with E-state index < -0.39 is 0 Å². The summed E-state index contributed by atoms with van der Waals surface area (Å²) in [5, 5.41) is 3.94. The number of hydrogen-bond acceptors (Lipinski definition) is 6. The van der Waals surface area contributed by atoms with Crippen LogP contribution in [0.2, 0.25) is 0 Å². The summed E-state index contributed by atoms with van der Waals surface area (Å²) in [6.45, 7) is 5.27. The molecule has 3 heterocycles. The van der Waals surface area contributed by atoms with Gasteiger partial charge in [-0.3, -0.25) is 14.6 Å². The van der Waals surface area contributed by atoms with Gasteiger partial charge in [-0.2, -0.15) is 4.98 Å². The van der Waals surface area contributed by atoms with Crippen LogP contribution < -0.4 is 0 Å². The summed E-state index contributed by atoms with van der Waals surface area (Å²) in [5.74, 6) is 1.12. The lowest BCUT2D eigenvalue weighted by Gasteiger charge is -2.33. The molecule has 0 spiro atoms. The highest BCUT2D eigenvalue weighted by Crippen LogP contribution is 2.21. The number of nitrogens with zero attached hydrogens (tertiary/aromatic N) is 5. The van der Waals surface area contributed by atoms with Crippen molar-refractivity contribution in [2.45, 2.75) is 45.6 Å².